The predicted molar refractivity (Wildman–Crippen MR) is 114 cm³/mol. The van der Waals surface area contributed by atoms with Crippen LogP contribution >= 0.6 is 0 Å². The lowest BCUT2D eigenvalue weighted by atomic mass is 10.2. The van der Waals surface area contributed by atoms with E-state index in [-0.39, 0.29) is 17.9 Å². The third-order valence-electron chi connectivity index (χ3n) is 4.72. The highest BCUT2D eigenvalue weighted by atomic mass is 32.2. The molecule has 0 spiro atoms. The Hall–Kier alpha value is -3.17. The van der Waals surface area contributed by atoms with Gasteiger partial charge in [-0.15, -0.1) is 0 Å². The van der Waals surface area contributed by atoms with Crippen LogP contribution in [0.3, 0.4) is 0 Å². The Morgan fingerprint density at radius 1 is 1.03 bits per heavy atom. The van der Waals surface area contributed by atoms with Gasteiger partial charge in [-0.25, -0.2) is 13.1 Å². The number of carbonyl (C=O) groups is 2. The molecule has 0 aliphatic heterocycles. The molecule has 0 aliphatic rings. The summed E-state index contributed by atoms with van der Waals surface area (Å²) >= 11 is 0. The third-order valence-corrected chi connectivity index (χ3v) is 6.34. The Morgan fingerprint density at radius 3 is 2.50 bits per heavy atom. The van der Waals surface area contributed by atoms with E-state index in [9.17, 15) is 18.0 Å². The average molecular weight is 429 g/mol. The molecule has 9 heteroatoms. The lowest BCUT2D eigenvalue weighted by Gasteiger charge is -2.10. The number of aromatic nitrogens is 1. The normalized spacial score (nSPS) is 11.4. The molecule has 0 atom stereocenters. The minimum absolute atomic E-state index is 0.0916. The summed E-state index contributed by atoms with van der Waals surface area (Å²) in [4.78, 5) is 24.6. The molecule has 8 nitrogen and oxygen atoms in total. The Kier molecular flexibility index (Phi) is 6.23. The molecule has 2 aromatic carbocycles. The molecule has 0 unspecified atom stereocenters. The van der Waals surface area contributed by atoms with Gasteiger partial charge in [0, 0.05) is 37.1 Å². The lowest BCUT2D eigenvalue weighted by molar-refractivity contribution is -0.121. The number of benzene rings is 2. The van der Waals surface area contributed by atoms with E-state index in [1.54, 1.807) is 25.3 Å². The van der Waals surface area contributed by atoms with Gasteiger partial charge in [0.25, 0.3) is 5.91 Å². The van der Waals surface area contributed by atoms with Crippen LogP contribution in [-0.4, -0.2) is 31.3 Å². The zero-order valence-corrected chi connectivity index (χ0v) is 17.8. The van der Waals surface area contributed by atoms with Gasteiger partial charge in [-0.05, 0) is 31.5 Å². The third kappa shape index (κ3) is 4.69. The van der Waals surface area contributed by atoms with E-state index in [1.165, 1.54) is 6.07 Å². The van der Waals surface area contributed by atoms with Crippen molar-refractivity contribution >= 4 is 32.7 Å². The topological polar surface area (TPSA) is 109 Å². The highest BCUT2D eigenvalue weighted by Gasteiger charge is 2.17. The number of carbonyl (C=O) groups excluding carboxylic acids is 2. The first-order chi connectivity index (χ1) is 14.2. The molecule has 30 heavy (non-hydrogen) atoms. The van der Waals surface area contributed by atoms with Gasteiger partial charge in [-0.1, -0.05) is 35.9 Å². The van der Waals surface area contributed by atoms with Gasteiger partial charge in [0.2, 0.25) is 15.9 Å². The minimum atomic E-state index is -3.72. The fourth-order valence-corrected chi connectivity index (χ4v) is 4.51. The second-order valence-electron chi connectivity index (χ2n) is 7.09. The molecule has 2 amide bonds. The molecule has 0 saturated carbocycles. The van der Waals surface area contributed by atoms with E-state index in [4.69, 9.17) is 0 Å². The number of nitrogens with one attached hydrogen (secondary N) is 3. The molecule has 1 aromatic heterocycles. The average Bonchev–Trinajstić information content (AvgIpc) is 3.03. The summed E-state index contributed by atoms with van der Waals surface area (Å²) in [7, 11) is -1.89. The molecule has 0 aliphatic carbocycles. The summed E-state index contributed by atoms with van der Waals surface area (Å²) < 4.78 is 29.1. The van der Waals surface area contributed by atoms with Crippen molar-refractivity contribution in [3.63, 3.8) is 0 Å². The standard InChI is InChI=1S/C21H24N4O4S/c1-14-8-9-19(15(2)12-14)30(28,29)22-11-10-20(26)23-24-21(27)17-13-25(3)18-7-5-4-6-16(17)18/h4-9,12-13,22H,10-11H2,1-3H3,(H,23,26)(H,24,27). The number of hydrazine groups is 1. The van der Waals surface area contributed by atoms with Gasteiger partial charge in [0.1, 0.15) is 0 Å². The number of sulfonamides is 1. The van der Waals surface area contributed by atoms with Crippen LogP contribution in [-0.2, 0) is 21.9 Å². The second kappa shape index (κ2) is 8.68. The van der Waals surface area contributed by atoms with Crippen LogP contribution < -0.4 is 15.6 Å². The monoisotopic (exact) mass is 428 g/mol. The number of rotatable bonds is 6. The smallest absolute Gasteiger partial charge is 0.271 e. The van der Waals surface area contributed by atoms with Crippen LogP contribution in [0, 0.1) is 13.8 Å². The lowest BCUT2D eigenvalue weighted by Crippen LogP contribution is -2.42. The molecule has 3 N–H and O–H groups in total. The van der Waals surface area contributed by atoms with Gasteiger partial charge >= 0.3 is 0 Å². The van der Waals surface area contributed by atoms with Crippen LogP contribution in [0.15, 0.2) is 53.6 Å². The van der Waals surface area contributed by atoms with Gasteiger partial charge in [-0.3, -0.25) is 20.4 Å². The molecule has 3 rings (SSSR count). The maximum Gasteiger partial charge on any atom is 0.271 e. The van der Waals surface area contributed by atoms with E-state index in [2.05, 4.69) is 15.6 Å². The highest BCUT2D eigenvalue weighted by Crippen LogP contribution is 2.20. The van der Waals surface area contributed by atoms with Crippen molar-refractivity contribution in [1.29, 1.82) is 0 Å². The summed E-state index contributed by atoms with van der Waals surface area (Å²) in [5, 5.41) is 0.771. The fourth-order valence-electron chi connectivity index (χ4n) is 3.26. The number of fused-ring (bicyclic) bond motifs is 1. The number of hydrogen-bond acceptors (Lipinski definition) is 4. The highest BCUT2D eigenvalue weighted by molar-refractivity contribution is 7.89. The van der Waals surface area contributed by atoms with E-state index in [0.717, 1.165) is 16.5 Å². The number of nitrogens with zero attached hydrogens (tertiary/aromatic N) is 1. The fraction of sp³-hybridized carbons (Fsp3) is 0.238. The molecule has 158 valence electrons. The molecule has 0 radical (unpaired) electrons. The van der Waals surface area contributed by atoms with Crippen LogP contribution in [0.1, 0.15) is 27.9 Å². The number of para-hydroxylation sites is 1. The quantitative estimate of drug-likeness (QED) is 0.521. The van der Waals surface area contributed by atoms with Gasteiger partial charge in [-0.2, -0.15) is 0 Å². The predicted octanol–water partition coefficient (Wildman–Crippen LogP) is 1.92. The summed E-state index contributed by atoms with van der Waals surface area (Å²) in [6.07, 6.45) is 1.56. The van der Waals surface area contributed by atoms with Crippen LogP contribution in [0.4, 0.5) is 0 Å². The molecule has 0 bridgehead atoms. The van der Waals surface area contributed by atoms with E-state index in [1.807, 2.05) is 42.8 Å². The summed E-state index contributed by atoms with van der Waals surface area (Å²) in [6.45, 7) is 3.51. The maximum absolute atomic E-state index is 12.4. The molecular weight excluding hydrogens is 404 g/mol. The molecule has 0 saturated heterocycles. The summed E-state index contributed by atoms with van der Waals surface area (Å²) in [5.41, 5.74) is 7.62. The Morgan fingerprint density at radius 2 is 1.77 bits per heavy atom. The van der Waals surface area contributed by atoms with Gasteiger partial charge < -0.3 is 4.57 Å². The van der Waals surface area contributed by atoms with Crippen LogP contribution in [0.2, 0.25) is 0 Å². The van der Waals surface area contributed by atoms with Crippen molar-refractivity contribution in [1.82, 2.24) is 20.1 Å². The largest absolute Gasteiger partial charge is 0.350 e. The van der Waals surface area contributed by atoms with Crippen molar-refractivity contribution in [2.75, 3.05) is 6.54 Å². The zero-order chi connectivity index (χ0) is 21.9. The Balaban J connectivity index is 1.53. The van der Waals surface area contributed by atoms with Crippen LogP contribution in [0.25, 0.3) is 10.9 Å². The maximum atomic E-state index is 12.4. The van der Waals surface area contributed by atoms with Crippen molar-refractivity contribution in [3.8, 4) is 0 Å². The van der Waals surface area contributed by atoms with E-state index in [0.29, 0.717) is 11.1 Å². The van der Waals surface area contributed by atoms with Gasteiger partial charge in [0.15, 0.2) is 0 Å². The summed E-state index contributed by atoms with van der Waals surface area (Å²) in [6, 6.07) is 12.5. The van der Waals surface area contributed by atoms with Crippen molar-refractivity contribution in [2.45, 2.75) is 25.2 Å². The van der Waals surface area contributed by atoms with Crippen LogP contribution in [0.5, 0.6) is 0 Å². The van der Waals surface area contributed by atoms with E-state index < -0.39 is 21.8 Å². The number of aryl methyl sites for hydroxylation is 3. The SMILES string of the molecule is Cc1ccc(S(=O)(=O)NCCC(=O)NNC(=O)c2cn(C)c3ccccc23)c(C)c1. The zero-order valence-electron chi connectivity index (χ0n) is 17.0. The Bertz CT molecular complexity index is 1210. The van der Waals surface area contributed by atoms with E-state index >= 15 is 0 Å². The first-order valence-electron chi connectivity index (χ1n) is 9.39. The summed E-state index contributed by atoms with van der Waals surface area (Å²) in [5.74, 6) is -0.956. The molecule has 1 heterocycles. The van der Waals surface area contributed by atoms with Crippen molar-refractivity contribution < 1.29 is 18.0 Å². The number of amides is 2. The van der Waals surface area contributed by atoms with Crippen molar-refractivity contribution in [3.05, 3.63) is 65.4 Å². The second-order valence-corrected chi connectivity index (χ2v) is 8.83. The first-order valence-corrected chi connectivity index (χ1v) is 10.9. The molecule has 3 aromatic rings. The molecular formula is C21H24N4O4S. The Labute approximate surface area is 175 Å². The molecule has 0 fully saturated rings. The van der Waals surface area contributed by atoms with Crippen molar-refractivity contribution in [2.24, 2.45) is 7.05 Å². The minimum Gasteiger partial charge on any atom is -0.350 e. The van der Waals surface area contributed by atoms with Gasteiger partial charge in [0.05, 0.1) is 10.5 Å². The first kappa shape index (κ1) is 21.5. The number of hydrogen-bond donors (Lipinski definition) is 3.